The minimum absolute atomic E-state index is 0.0782. The largest absolute Gasteiger partial charge is 0.454 e. The monoisotopic (exact) mass is 357 g/mol. The molecule has 0 saturated carbocycles. The van der Waals surface area contributed by atoms with Crippen LogP contribution in [0.15, 0.2) is 66.9 Å². The van der Waals surface area contributed by atoms with Gasteiger partial charge in [-0.25, -0.2) is 4.98 Å². The summed E-state index contributed by atoms with van der Waals surface area (Å²) >= 11 is 0. The Balaban J connectivity index is 1.67. The number of nitrogens with zero attached hydrogens (tertiary/aromatic N) is 1. The third-order valence-electron chi connectivity index (χ3n) is 4.92. The molecule has 0 saturated heterocycles. The summed E-state index contributed by atoms with van der Waals surface area (Å²) in [5.74, 6) is 2.38. The molecule has 5 nitrogen and oxygen atoms in total. The van der Waals surface area contributed by atoms with Crippen molar-refractivity contribution in [2.24, 2.45) is 0 Å². The minimum atomic E-state index is -0.0782. The first-order valence-corrected chi connectivity index (χ1v) is 8.94. The molecular weight excluding hydrogens is 338 g/mol. The molecule has 1 aliphatic rings. The van der Waals surface area contributed by atoms with Crippen LogP contribution in [0.25, 0.3) is 10.9 Å². The van der Waals surface area contributed by atoms with Crippen LogP contribution in [0.3, 0.4) is 0 Å². The van der Waals surface area contributed by atoms with E-state index in [1.807, 2.05) is 36.4 Å². The number of rotatable bonds is 4. The smallest absolute Gasteiger partial charge is 0.231 e. The molecule has 0 unspecified atom stereocenters. The number of aromatic nitrogens is 2. The summed E-state index contributed by atoms with van der Waals surface area (Å²) in [5.41, 5.74) is 4.55. The lowest BCUT2D eigenvalue weighted by atomic mass is 9.95. The van der Waals surface area contributed by atoms with Crippen molar-refractivity contribution in [2.45, 2.75) is 13.0 Å². The number of aromatic amines is 1. The van der Waals surface area contributed by atoms with E-state index in [0.29, 0.717) is 0 Å². The number of para-hydroxylation sites is 1. The molecule has 2 N–H and O–H groups in total. The fourth-order valence-electron chi connectivity index (χ4n) is 3.68. The molecule has 0 amide bonds. The molecule has 5 heteroatoms. The number of hydrogen-bond acceptors (Lipinski definition) is 4. The van der Waals surface area contributed by atoms with Crippen LogP contribution in [0.4, 0.5) is 5.82 Å². The molecule has 1 aliphatic heterocycles. The second kappa shape index (κ2) is 6.36. The minimum Gasteiger partial charge on any atom is -0.454 e. The van der Waals surface area contributed by atoms with Gasteiger partial charge in [-0.05, 0) is 42.8 Å². The number of benzene rings is 2. The van der Waals surface area contributed by atoms with Crippen molar-refractivity contribution in [3.8, 4) is 11.5 Å². The molecule has 0 spiro atoms. The fraction of sp³-hybridized carbons (Fsp3) is 0.136. The zero-order valence-electron chi connectivity index (χ0n) is 14.9. The van der Waals surface area contributed by atoms with E-state index in [4.69, 9.17) is 9.47 Å². The quantitative estimate of drug-likeness (QED) is 0.551. The van der Waals surface area contributed by atoms with Gasteiger partial charge in [0.25, 0.3) is 0 Å². The van der Waals surface area contributed by atoms with Crippen molar-refractivity contribution in [3.63, 3.8) is 0 Å². The van der Waals surface area contributed by atoms with Crippen molar-refractivity contribution in [3.05, 3.63) is 83.7 Å². The molecule has 2 aromatic carbocycles. The van der Waals surface area contributed by atoms with Gasteiger partial charge in [0.05, 0.1) is 6.04 Å². The summed E-state index contributed by atoms with van der Waals surface area (Å²) in [7, 11) is 0. The van der Waals surface area contributed by atoms with Crippen LogP contribution in [0, 0.1) is 6.92 Å². The fourth-order valence-corrected chi connectivity index (χ4v) is 3.68. The Kier molecular flexibility index (Phi) is 3.71. The van der Waals surface area contributed by atoms with Gasteiger partial charge >= 0.3 is 0 Å². The van der Waals surface area contributed by atoms with Crippen LogP contribution < -0.4 is 14.8 Å². The summed E-state index contributed by atoms with van der Waals surface area (Å²) in [6.07, 6.45) is 1.79. The lowest BCUT2D eigenvalue weighted by Gasteiger charge is -2.21. The highest BCUT2D eigenvalue weighted by molar-refractivity contribution is 5.86. The van der Waals surface area contributed by atoms with E-state index >= 15 is 0 Å². The van der Waals surface area contributed by atoms with Gasteiger partial charge < -0.3 is 19.8 Å². The van der Waals surface area contributed by atoms with Gasteiger partial charge in [-0.2, -0.15) is 0 Å². The van der Waals surface area contributed by atoms with E-state index in [2.05, 4.69) is 46.5 Å². The zero-order chi connectivity index (χ0) is 18.2. The van der Waals surface area contributed by atoms with Gasteiger partial charge in [-0.1, -0.05) is 30.3 Å². The summed E-state index contributed by atoms with van der Waals surface area (Å²) in [4.78, 5) is 7.96. The first-order chi connectivity index (χ1) is 13.3. The van der Waals surface area contributed by atoms with E-state index in [1.165, 1.54) is 10.9 Å². The van der Waals surface area contributed by atoms with Gasteiger partial charge in [-0.15, -0.1) is 0 Å². The lowest BCUT2D eigenvalue weighted by Crippen LogP contribution is -2.14. The van der Waals surface area contributed by atoms with Gasteiger partial charge in [0, 0.05) is 28.4 Å². The number of hydrogen-bond donors (Lipinski definition) is 2. The van der Waals surface area contributed by atoms with Crippen LogP contribution in [0.1, 0.15) is 22.9 Å². The highest BCUT2D eigenvalue weighted by atomic mass is 16.7. The molecular formula is C22H19N3O2. The van der Waals surface area contributed by atoms with E-state index in [1.54, 1.807) is 6.20 Å². The second-order valence-corrected chi connectivity index (χ2v) is 6.61. The molecule has 4 aromatic rings. The molecule has 5 rings (SSSR count). The molecule has 0 bridgehead atoms. The average molecular weight is 357 g/mol. The Morgan fingerprint density at radius 3 is 2.74 bits per heavy atom. The van der Waals surface area contributed by atoms with Crippen LogP contribution >= 0.6 is 0 Å². The van der Waals surface area contributed by atoms with Crippen LogP contribution in [0.5, 0.6) is 11.5 Å². The van der Waals surface area contributed by atoms with E-state index in [9.17, 15) is 0 Å². The van der Waals surface area contributed by atoms with Gasteiger partial charge in [-0.3, -0.25) is 0 Å². The second-order valence-electron chi connectivity index (χ2n) is 6.61. The van der Waals surface area contributed by atoms with E-state index < -0.39 is 0 Å². The number of aryl methyl sites for hydroxylation is 1. The Morgan fingerprint density at radius 1 is 1.00 bits per heavy atom. The van der Waals surface area contributed by atoms with Crippen LogP contribution in [-0.2, 0) is 0 Å². The third-order valence-corrected chi connectivity index (χ3v) is 4.92. The number of anilines is 1. The summed E-state index contributed by atoms with van der Waals surface area (Å²) in [5, 5.41) is 4.79. The predicted octanol–water partition coefficient (Wildman–Crippen LogP) is 4.80. The molecule has 134 valence electrons. The van der Waals surface area contributed by atoms with Crippen molar-refractivity contribution >= 4 is 16.7 Å². The van der Waals surface area contributed by atoms with Crippen molar-refractivity contribution in [1.82, 2.24) is 9.97 Å². The maximum absolute atomic E-state index is 5.60. The molecule has 27 heavy (non-hydrogen) atoms. The van der Waals surface area contributed by atoms with Crippen LogP contribution in [0.2, 0.25) is 0 Å². The third kappa shape index (κ3) is 2.77. The average Bonchev–Trinajstić information content (AvgIpc) is 3.30. The number of pyridine rings is 1. The van der Waals surface area contributed by atoms with Crippen molar-refractivity contribution in [1.29, 1.82) is 0 Å². The van der Waals surface area contributed by atoms with Crippen LogP contribution in [-0.4, -0.2) is 16.8 Å². The normalized spacial score (nSPS) is 13.7. The van der Waals surface area contributed by atoms with Crippen molar-refractivity contribution in [2.75, 3.05) is 12.1 Å². The van der Waals surface area contributed by atoms with Gasteiger partial charge in [0.1, 0.15) is 5.82 Å². The number of H-pyrrole nitrogens is 1. The molecule has 0 radical (unpaired) electrons. The van der Waals surface area contributed by atoms with E-state index in [-0.39, 0.29) is 12.8 Å². The Bertz CT molecular complexity index is 1110. The van der Waals surface area contributed by atoms with E-state index in [0.717, 1.165) is 34.1 Å². The Labute approximate surface area is 157 Å². The highest BCUT2D eigenvalue weighted by Gasteiger charge is 2.24. The summed E-state index contributed by atoms with van der Waals surface area (Å²) < 4.78 is 11.1. The maximum Gasteiger partial charge on any atom is 0.231 e. The summed E-state index contributed by atoms with van der Waals surface area (Å²) in [6.45, 7) is 2.37. The molecule has 2 aromatic heterocycles. The predicted molar refractivity (Wildman–Crippen MR) is 105 cm³/mol. The number of fused-ring (bicyclic) bond motifs is 2. The number of ether oxygens (including phenoxy) is 2. The van der Waals surface area contributed by atoms with Gasteiger partial charge in [0.15, 0.2) is 11.5 Å². The first-order valence-electron chi connectivity index (χ1n) is 8.94. The Morgan fingerprint density at radius 2 is 1.85 bits per heavy atom. The molecule has 3 heterocycles. The maximum atomic E-state index is 5.60. The molecule has 1 atom stereocenters. The SMILES string of the molecule is Cc1[nH]c2ccccc2c1[C@@H](Nc1ccccn1)c1ccc2c(c1)OCO2. The topological polar surface area (TPSA) is 59.2 Å². The van der Waals surface area contributed by atoms with Gasteiger partial charge in [0.2, 0.25) is 6.79 Å². The lowest BCUT2D eigenvalue weighted by molar-refractivity contribution is 0.174. The zero-order valence-corrected chi connectivity index (χ0v) is 14.9. The Hall–Kier alpha value is -3.47. The van der Waals surface area contributed by atoms with Crippen molar-refractivity contribution < 1.29 is 9.47 Å². The molecule has 0 aliphatic carbocycles. The highest BCUT2D eigenvalue weighted by Crippen LogP contribution is 2.39. The molecule has 0 fully saturated rings. The summed E-state index contributed by atoms with van der Waals surface area (Å²) in [6, 6.07) is 20.2. The number of nitrogens with one attached hydrogen (secondary N) is 2. The first kappa shape index (κ1) is 15.8. The standard InChI is InChI=1S/C22H19N3O2/c1-14-21(16-6-2-3-7-17(16)24-14)22(25-20-8-4-5-11-23-20)15-9-10-18-19(12-15)27-13-26-18/h2-12,22,24H,13H2,1H3,(H,23,25)/t22-/m0/s1.